The Morgan fingerprint density at radius 1 is 1.05 bits per heavy atom. The molecule has 13 heteroatoms. The second kappa shape index (κ2) is 12.6. The zero-order chi connectivity index (χ0) is 31.4. The lowest BCUT2D eigenvalue weighted by molar-refractivity contribution is -0.137. The van der Waals surface area contributed by atoms with Crippen LogP contribution in [0.2, 0.25) is 5.02 Å². The first-order chi connectivity index (χ1) is 21.0. The van der Waals surface area contributed by atoms with E-state index in [4.69, 9.17) is 21.1 Å². The van der Waals surface area contributed by atoms with Gasteiger partial charge >= 0.3 is 6.18 Å². The van der Waals surface area contributed by atoms with Crippen molar-refractivity contribution in [3.05, 3.63) is 117 Å². The van der Waals surface area contributed by atoms with Crippen LogP contribution in [0.5, 0.6) is 11.5 Å². The fourth-order valence-corrected chi connectivity index (χ4v) is 4.51. The number of methoxy groups -OCH3 is 1. The smallest absolute Gasteiger partial charge is 0.416 e. The number of hydrogen-bond acceptors (Lipinski definition) is 6. The van der Waals surface area contributed by atoms with Crippen LogP contribution in [0.25, 0.3) is 22.3 Å². The summed E-state index contributed by atoms with van der Waals surface area (Å²) in [6, 6.07) is 19.0. The van der Waals surface area contributed by atoms with E-state index in [1.54, 1.807) is 18.2 Å². The Morgan fingerprint density at radius 2 is 1.82 bits per heavy atom. The van der Waals surface area contributed by atoms with E-state index < -0.39 is 35.6 Å². The van der Waals surface area contributed by atoms with Crippen molar-refractivity contribution in [2.75, 3.05) is 19.0 Å². The van der Waals surface area contributed by atoms with Gasteiger partial charge in [0.15, 0.2) is 23.9 Å². The molecule has 0 bridgehead atoms. The van der Waals surface area contributed by atoms with Gasteiger partial charge in [0.2, 0.25) is 0 Å². The molecule has 0 spiro atoms. The molecule has 4 aromatic carbocycles. The number of fused-ring (bicyclic) bond motifs is 1. The number of ether oxygens (including phenoxy) is 2. The molecule has 0 unspecified atom stereocenters. The minimum Gasteiger partial charge on any atom is -0.493 e. The molecule has 0 saturated carbocycles. The minimum atomic E-state index is -4.61. The topological polar surface area (TPSA) is 94.8 Å². The zero-order valence-corrected chi connectivity index (χ0v) is 23.5. The molecule has 44 heavy (non-hydrogen) atoms. The first kappa shape index (κ1) is 30.2. The summed E-state index contributed by atoms with van der Waals surface area (Å²) in [6.07, 6.45) is -3.36. The quantitative estimate of drug-likeness (QED) is 0.152. The van der Waals surface area contributed by atoms with Gasteiger partial charge in [-0.2, -0.15) is 22.9 Å². The van der Waals surface area contributed by atoms with Gasteiger partial charge in [-0.25, -0.2) is 9.37 Å². The van der Waals surface area contributed by atoms with Gasteiger partial charge < -0.3 is 14.8 Å². The van der Waals surface area contributed by atoms with Crippen LogP contribution in [-0.4, -0.2) is 35.5 Å². The molecule has 0 atom stereocenters. The number of amides is 1. The van der Waals surface area contributed by atoms with E-state index in [0.29, 0.717) is 5.56 Å². The maximum absolute atomic E-state index is 13.5. The number of alkyl halides is 3. The van der Waals surface area contributed by atoms with Gasteiger partial charge in [0.1, 0.15) is 5.82 Å². The monoisotopic (exact) mass is 624 g/mol. The Labute approximate surface area is 252 Å². The third-order valence-electron chi connectivity index (χ3n) is 6.23. The van der Waals surface area contributed by atoms with E-state index >= 15 is 0 Å². The summed E-state index contributed by atoms with van der Waals surface area (Å²) in [5.74, 6) is -1.05. The first-order valence-corrected chi connectivity index (χ1v) is 13.2. The minimum absolute atomic E-state index is 0.0238. The number of carbonyl (C=O) groups is 1. The molecule has 0 aliphatic rings. The summed E-state index contributed by atoms with van der Waals surface area (Å²) >= 11 is 6.42. The van der Waals surface area contributed by atoms with E-state index in [1.165, 1.54) is 61.9 Å². The van der Waals surface area contributed by atoms with Crippen LogP contribution in [0.3, 0.4) is 0 Å². The van der Waals surface area contributed by atoms with Crippen LogP contribution in [0.4, 0.5) is 23.2 Å². The Balaban J connectivity index is 1.47. The number of para-hydroxylation sites is 1. The van der Waals surface area contributed by atoms with E-state index in [2.05, 4.69) is 15.4 Å². The highest BCUT2D eigenvalue weighted by Crippen LogP contribution is 2.36. The highest BCUT2D eigenvalue weighted by molar-refractivity contribution is 6.32. The molecule has 1 aromatic heterocycles. The Kier molecular flexibility index (Phi) is 8.63. The second-order valence-corrected chi connectivity index (χ2v) is 9.68. The van der Waals surface area contributed by atoms with Crippen molar-refractivity contribution in [2.45, 2.75) is 6.18 Å². The average Bonchev–Trinajstić information content (AvgIpc) is 2.99. The summed E-state index contributed by atoms with van der Waals surface area (Å²) in [4.78, 5) is 30.2. The van der Waals surface area contributed by atoms with Crippen LogP contribution >= 0.6 is 11.6 Å². The lowest BCUT2D eigenvalue weighted by atomic mass is 10.1. The summed E-state index contributed by atoms with van der Waals surface area (Å²) in [7, 11) is 1.34. The number of carbonyl (C=O) groups excluding carboxylic acids is 1. The first-order valence-electron chi connectivity index (χ1n) is 12.8. The van der Waals surface area contributed by atoms with E-state index in [9.17, 15) is 27.2 Å². The molecule has 0 aliphatic heterocycles. The molecule has 0 fully saturated rings. The number of halogens is 5. The number of nitrogens with one attached hydrogen (secondary N) is 1. The summed E-state index contributed by atoms with van der Waals surface area (Å²) < 4.78 is 65.6. The maximum Gasteiger partial charge on any atom is 0.416 e. The summed E-state index contributed by atoms with van der Waals surface area (Å²) in [5, 5.41) is 6.99. The number of aromatic nitrogens is 2. The fraction of sp³-hybridized carbons (Fsp3) is 0.0968. The second-order valence-electron chi connectivity index (χ2n) is 9.27. The molecule has 1 amide bonds. The van der Waals surface area contributed by atoms with Gasteiger partial charge in [0.25, 0.3) is 11.5 Å². The number of hydrogen-bond donors (Lipinski definition) is 1. The Bertz CT molecular complexity index is 1960. The van der Waals surface area contributed by atoms with Crippen LogP contribution in [-0.2, 0) is 11.0 Å². The largest absolute Gasteiger partial charge is 0.493 e. The van der Waals surface area contributed by atoms with Crippen molar-refractivity contribution in [1.29, 1.82) is 0 Å². The molecule has 0 saturated heterocycles. The van der Waals surface area contributed by atoms with Crippen molar-refractivity contribution in [1.82, 2.24) is 9.66 Å². The predicted molar refractivity (Wildman–Crippen MR) is 158 cm³/mol. The summed E-state index contributed by atoms with van der Waals surface area (Å²) in [6.45, 7) is -0.474. The van der Waals surface area contributed by atoms with Gasteiger partial charge in [-0.1, -0.05) is 41.9 Å². The van der Waals surface area contributed by atoms with E-state index in [0.717, 1.165) is 22.9 Å². The standard InChI is InChI=1S/C31H21ClF4N4O4/c1-43-26-13-18(12-24(32)28(26)44-17-27(41)38-22-9-5-8-21(33)15-22)16-37-40-29(19-6-4-7-20(14-19)31(34,35)36)39-25-11-3-2-10-23(25)30(40)42/h2-16H,17H2,1H3,(H,38,41). The molecule has 8 nitrogen and oxygen atoms in total. The van der Waals surface area contributed by atoms with Crippen LogP contribution in [0, 0.1) is 5.82 Å². The van der Waals surface area contributed by atoms with Gasteiger partial charge in [-0.15, -0.1) is 0 Å². The highest BCUT2D eigenvalue weighted by Gasteiger charge is 2.31. The van der Waals surface area contributed by atoms with Crippen molar-refractivity contribution < 1.29 is 31.8 Å². The molecular formula is C31H21ClF4N4O4. The van der Waals surface area contributed by atoms with Gasteiger partial charge in [0.05, 0.1) is 34.8 Å². The maximum atomic E-state index is 13.5. The van der Waals surface area contributed by atoms with Crippen LogP contribution in [0.1, 0.15) is 11.1 Å². The van der Waals surface area contributed by atoms with E-state index in [-0.39, 0.29) is 44.5 Å². The molecule has 5 rings (SSSR count). The fourth-order valence-electron chi connectivity index (χ4n) is 4.23. The highest BCUT2D eigenvalue weighted by atomic mass is 35.5. The van der Waals surface area contributed by atoms with E-state index in [1.807, 2.05) is 0 Å². The van der Waals surface area contributed by atoms with Gasteiger partial charge in [0, 0.05) is 11.3 Å². The molecular weight excluding hydrogens is 604 g/mol. The normalized spacial score (nSPS) is 11.6. The number of benzene rings is 4. The zero-order valence-electron chi connectivity index (χ0n) is 22.7. The van der Waals surface area contributed by atoms with Crippen molar-refractivity contribution >= 4 is 40.3 Å². The Hall–Kier alpha value is -5.23. The molecule has 0 aliphatic carbocycles. The van der Waals surface area contributed by atoms with Crippen molar-refractivity contribution in [3.8, 4) is 22.9 Å². The van der Waals surface area contributed by atoms with Crippen molar-refractivity contribution in [3.63, 3.8) is 0 Å². The third-order valence-corrected chi connectivity index (χ3v) is 6.51. The van der Waals surface area contributed by atoms with Crippen LogP contribution < -0.4 is 20.3 Å². The molecule has 0 radical (unpaired) electrons. The molecule has 1 N–H and O–H groups in total. The average molecular weight is 625 g/mol. The Morgan fingerprint density at radius 3 is 2.57 bits per heavy atom. The van der Waals surface area contributed by atoms with Gasteiger partial charge in [-0.3, -0.25) is 9.59 Å². The van der Waals surface area contributed by atoms with Crippen LogP contribution in [0.15, 0.2) is 94.8 Å². The lowest BCUT2D eigenvalue weighted by Gasteiger charge is -2.14. The number of rotatable bonds is 8. The summed E-state index contributed by atoms with van der Waals surface area (Å²) in [5.41, 5.74) is -0.643. The number of anilines is 1. The SMILES string of the molecule is COc1cc(C=Nn2c(-c3cccc(C(F)(F)F)c3)nc3ccccc3c2=O)cc(Cl)c1OCC(=O)Nc1cccc(F)c1. The third kappa shape index (κ3) is 6.70. The molecule has 224 valence electrons. The van der Waals surface area contributed by atoms with Gasteiger partial charge in [-0.05, 0) is 60.2 Å². The molecule has 5 aromatic rings. The molecule has 1 heterocycles. The van der Waals surface area contributed by atoms with Crippen molar-refractivity contribution in [2.24, 2.45) is 5.10 Å². The lowest BCUT2D eigenvalue weighted by Crippen LogP contribution is -2.21. The number of nitrogens with zero attached hydrogens (tertiary/aromatic N) is 3. The predicted octanol–water partition coefficient (Wildman–Crippen LogP) is 6.78.